The molecule has 4 nitrogen and oxygen atoms in total. The van der Waals surface area contributed by atoms with E-state index in [2.05, 4.69) is 10.6 Å². The summed E-state index contributed by atoms with van der Waals surface area (Å²) in [5, 5.41) is 7.35. The molecule has 0 aromatic carbocycles. The molecule has 0 saturated heterocycles. The van der Waals surface area contributed by atoms with Crippen LogP contribution in [0.2, 0.25) is 0 Å². The molecule has 0 aliphatic heterocycles. The second-order valence-corrected chi connectivity index (χ2v) is 8.44. The van der Waals surface area contributed by atoms with Crippen LogP contribution >= 0.6 is 18.6 Å². The van der Waals surface area contributed by atoms with E-state index in [0.29, 0.717) is 0 Å². The number of carbonyl (C=O) groups is 2. The average Bonchev–Trinajstić information content (AvgIpc) is 2.63. The topological polar surface area (TPSA) is 62.3 Å². The molecule has 0 bridgehead atoms. The monoisotopic (exact) mass is 398 g/mol. The molecule has 0 radical (unpaired) electrons. The van der Waals surface area contributed by atoms with Gasteiger partial charge in [-0.3, -0.25) is 0 Å². The number of amides is 2. The van der Waals surface area contributed by atoms with Crippen LogP contribution in [0.4, 0.5) is 0 Å². The summed E-state index contributed by atoms with van der Waals surface area (Å²) < 4.78 is 0. The van der Waals surface area contributed by atoms with Crippen molar-refractivity contribution in [3.05, 3.63) is 10.6 Å². The number of rotatable bonds is 2. The van der Waals surface area contributed by atoms with Crippen LogP contribution in [-0.4, -0.2) is 25.9 Å². The Morgan fingerprint density at radius 3 is 1.22 bits per heavy atom. The van der Waals surface area contributed by atoms with Gasteiger partial charge in [-0.1, -0.05) is 38.5 Å². The molecule has 2 aliphatic rings. The Morgan fingerprint density at radius 1 is 0.739 bits per heavy atom. The van der Waals surface area contributed by atoms with Crippen LogP contribution in [0.25, 0.3) is 10.6 Å². The van der Waals surface area contributed by atoms with Crippen molar-refractivity contribution in [2.45, 2.75) is 64.2 Å². The maximum atomic E-state index is 11.0. The molecule has 23 heavy (non-hydrogen) atoms. The van der Waals surface area contributed by atoms with Gasteiger partial charge in [0, 0.05) is 11.8 Å². The van der Waals surface area contributed by atoms with E-state index >= 15 is 0 Å². The molecule has 0 aromatic rings. The van der Waals surface area contributed by atoms with E-state index in [-0.39, 0.29) is 23.7 Å². The quantitative estimate of drug-likeness (QED) is 0.570. The van der Waals surface area contributed by atoms with E-state index in [0.717, 1.165) is 25.7 Å². The number of nitrogens with zero attached hydrogens (tertiary/aromatic N) is 2. The van der Waals surface area contributed by atoms with Gasteiger partial charge in [-0.2, -0.15) is 0 Å². The minimum absolute atomic E-state index is 0.111. The number of hydrogen-bond acceptors (Lipinski definition) is 2. The summed E-state index contributed by atoms with van der Waals surface area (Å²) in [5.74, 6) is 0.747. The van der Waals surface area contributed by atoms with Gasteiger partial charge in [0.15, 0.2) is 0 Å². The van der Waals surface area contributed by atoms with E-state index < -0.39 is 17.0 Å². The molecular formula is C16H28Cl2N2O2Ti-2. The van der Waals surface area contributed by atoms with Crippen molar-refractivity contribution in [3.8, 4) is 0 Å². The summed E-state index contributed by atoms with van der Waals surface area (Å²) in [4.78, 5) is 22.0. The Bertz CT molecular complexity index is 291. The second-order valence-electron chi connectivity index (χ2n) is 5.86. The van der Waals surface area contributed by atoms with Crippen LogP contribution in [-0.2, 0) is 26.6 Å². The molecule has 0 aromatic heterocycles. The predicted molar refractivity (Wildman–Crippen MR) is 93.4 cm³/mol. The third kappa shape index (κ3) is 11.4. The van der Waals surface area contributed by atoms with Gasteiger partial charge in [0.25, 0.3) is 0 Å². The van der Waals surface area contributed by atoms with Crippen LogP contribution in [0.5, 0.6) is 0 Å². The summed E-state index contributed by atoms with van der Waals surface area (Å²) in [6.45, 7) is 0. The third-order valence-electron chi connectivity index (χ3n) is 4.35. The fraction of sp³-hybridized carbons (Fsp3) is 0.875. The molecule has 2 amide bonds. The first kappa shape index (κ1) is 23.2. The normalized spacial score (nSPS) is 18.4. The summed E-state index contributed by atoms with van der Waals surface area (Å²) >= 11 is -0.556. The SMILES string of the molecule is C[N-]C(=O)C1CCCCC1.C[N-]C(=O)C1CCCCC1.[Cl][Ti][Cl]. The molecule has 2 aliphatic carbocycles. The van der Waals surface area contributed by atoms with E-state index in [1.165, 1.54) is 38.5 Å². The Balaban J connectivity index is 0.000000360. The Labute approximate surface area is 157 Å². The molecule has 2 rings (SSSR count). The molecule has 2 fully saturated rings. The zero-order valence-electron chi connectivity index (χ0n) is 14.2. The number of hydrogen-bond donors (Lipinski definition) is 0. The first-order chi connectivity index (χ1) is 11.1. The van der Waals surface area contributed by atoms with Crippen molar-refractivity contribution >= 4 is 30.4 Å². The Kier molecular flexibility index (Phi) is 15.9. The van der Waals surface area contributed by atoms with E-state index in [1.807, 2.05) is 0 Å². The van der Waals surface area contributed by atoms with Crippen molar-refractivity contribution in [1.29, 1.82) is 0 Å². The van der Waals surface area contributed by atoms with Gasteiger partial charge in [-0.15, -0.1) is 14.1 Å². The minimum atomic E-state index is -0.556. The molecule has 0 unspecified atom stereocenters. The van der Waals surface area contributed by atoms with Crippen molar-refractivity contribution in [2.75, 3.05) is 14.1 Å². The fourth-order valence-electron chi connectivity index (χ4n) is 3.06. The van der Waals surface area contributed by atoms with Crippen LogP contribution in [0.3, 0.4) is 0 Å². The summed E-state index contributed by atoms with van der Waals surface area (Å²) in [5.41, 5.74) is 0. The predicted octanol–water partition coefficient (Wildman–Crippen LogP) is 5.57. The molecule has 2 saturated carbocycles. The van der Waals surface area contributed by atoms with Crippen molar-refractivity contribution < 1.29 is 26.6 Å². The molecule has 7 heteroatoms. The van der Waals surface area contributed by atoms with Crippen molar-refractivity contribution in [2.24, 2.45) is 11.8 Å². The van der Waals surface area contributed by atoms with Crippen LogP contribution < -0.4 is 0 Å². The molecular weight excluding hydrogens is 371 g/mol. The van der Waals surface area contributed by atoms with E-state index in [4.69, 9.17) is 18.6 Å². The summed E-state index contributed by atoms with van der Waals surface area (Å²) in [7, 11) is 13.0. The standard InChI is InChI=1S/2C8H15NO.2ClH.Ti/c2*1-9-8(10)7-5-3-2-4-6-7;;;/h2*7H,2-6H2,1H3,(H,9,10);2*1H;/q;;;;+2/p-4. The van der Waals surface area contributed by atoms with Gasteiger partial charge in [-0.05, 0) is 25.7 Å². The first-order valence-electron chi connectivity index (χ1n) is 8.34. The van der Waals surface area contributed by atoms with E-state index in [1.54, 1.807) is 14.1 Å². The second kappa shape index (κ2) is 15.7. The Hall–Kier alpha value is 0.234. The van der Waals surface area contributed by atoms with E-state index in [9.17, 15) is 9.59 Å². The van der Waals surface area contributed by atoms with Gasteiger partial charge in [-0.25, -0.2) is 0 Å². The van der Waals surface area contributed by atoms with Crippen LogP contribution in [0, 0.1) is 11.8 Å². The van der Waals surface area contributed by atoms with Gasteiger partial charge >= 0.3 is 35.6 Å². The van der Waals surface area contributed by atoms with Gasteiger partial charge in [0.2, 0.25) is 0 Å². The van der Waals surface area contributed by atoms with Crippen molar-refractivity contribution in [3.63, 3.8) is 0 Å². The summed E-state index contributed by atoms with van der Waals surface area (Å²) in [6.07, 6.45) is 11.7. The molecule has 0 atom stereocenters. The third-order valence-corrected chi connectivity index (χ3v) is 4.35. The number of carbonyl (C=O) groups excluding carboxylic acids is 2. The molecule has 0 N–H and O–H groups in total. The maximum absolute atomic E-state index is 11.0. The zero-order chi connectivity index (χ0) is 17.5. The molecule has 0 heterocycles. The van der Waals surface area contributed by atoms with Gasteiger partial charge in [0.05, 0.1) is 11.8 Å². The summed E-state index contributed by atoms with van der Waals surface area (Å²) in [6, 6.07) is 0. The fourth-order valence-corrected chi connectivity index (χ4v) is 3.06. The van der Waals surface area contributed by atoms with Crippen molar-refractivity contribution in [1.82, 2.24) is 0 Å². The van der Waals surface area contributed by atoms with Gasteiger partial charge in [0.1, 0.15) is 0 Å². The first-order valence-corrected chi connectivity index (χ1v) is 12.6. The number of halogens is 2. The zero-order valence-corrected chi connectivity index (χ0v) is 17.3. The van der Waals surface area contributed by atoms with Crippen LogP contribution in [0.15, 0.2) is 0 Å². The van der Waals surface area contributed by atoms with Crippen LogP contribution in [0.1, 0.15) is 64.2 Å². The Morgan fingerprint density at radius 2 is 1.00 bits per heavy atom. The molecule has 134 valence electrons. The molecule has 0 spiro atoms. The van der Waals surface area contributed by atoms with Gasteiger partial charge < -0.3 is 20.2 Å². The average molecular weight is 399 g/mol.